The number of aryl methyl sites for hydroxylation is 1. The molecule has 1 aliphatic heterocycles. The number of fused-ring (bicyclic) bond motifs is 1. The van der Waals surface area contributed by atoms with Crippen LogP contribution in [0.25, 0.3) is 0 Å². The SMILES string of the molecule is C/C=C1/C(N)C2CN(c3cc(C)ncn3)CC12. The zero-order valence-electron chi connectivity index (χ0n) is 10.3. The van der Waals surface area contributed by atoms with E-state index in [9.17, 15) is 0 Å². The fourth-order valence-corrected chi connectivity index (χ4v) is 3.13. The van der Waals surface area contributed by atoms with E-state index in [1.807, 2.05) is 13.0 Å². The lowest BCUT2D eigenvalue weighted by Crippen LogP contribution is -2.49. The predicted octanol–water partition coefficient (Wildman–Crippen LogP) is 1.12. The van der Waals surface area contributed by atoms with Crippen LogP contribution in [0, 0.1) is 18.8 Å². The molecule has 90 valence electrons. The van der Waals surface area contributed by atoms with E-state index in [1.165, 1.54) is 5.57 Å². The Morgan fingerprint density at radius 3 is 2.94 bits per heavy atom. The van der Waals surface area contributed by atoms with Gasteiger partial charge in [-0.1, -0.05) is 11.6 Å². The maximum absolute atomic E-state index is 6.16. The summed E-state index contributed by atoms with van der Waals surface area (Å²) in [6.45, 7) is 6.16. The van der Waals surface area contributed by atoms with E-state index >= 15 is 0 Å². The van der Waals surface area contributed by atoms with Crippen molar-refractivity contribution >= 4 is 5.82 Å². The topological polar surface area (TPSA) is 55.0 Å². The summed E-state index contributed by atoms with van der Waals surface area (Å²) in [6.07, 6.45) is 3.82. The van der Waals surface area contributed by atoms with E-state index in [1.54, 1.807) is 6.33 Å². The van der Waals surface area contributed by atoms with E-state index in [0.29, 0.717) is 11.8 Å². The van der Waals surface area contributed by atoms with Crippen molar-refractivity contribution in [3.8, 4) is 0 Å². The molecule has 0 spiro atoms. The van der Waals surface area contributed by atoms with Crippen molar-refractivity contribution in [2.24, 2.45) is 17.6 Å². The summed E-state index contributed by atoms with van der Waals surface area (Å²) in [5, 5.41) is 0. The second kappa shape index (κ2) is 3.81. The van der Waals surface area contributed by atoms with Gasteiger partial charge in [0.15, 0.2) is 0 Å². The zero-order valence-corrected chi connectivity index (χ0v) is 10.3. The van der Waals surface area contributed by atoms with Crippen molar-refractivity contribution < 1.29 is 0 Å². The summed E-state index contributed by atoms with van der Waals surface area (Å²) in [7, 11) is 0. The Kier molecular flexibility index (Phi) is 2.40. The molecule has 0 amide bonds. The van der Waals surface area contributed by atoms with Crippen LogP contribution in [0.3, 0.4) is 0 Å². The third-order valence-corrected chi connectivity index (χ3v) is 4.09. The first-order chi connectivity index (χ1) is 8.20. The Labute approximate surface area is 102 Å². The van der Waals surface area contributed by atoms with Crippen molar-refractivity contribution in [2.45, 2.75) is 19.9 Å². The van der Waals surface area contributed by atoms with Crippen LogP contribution in [0.4, 0.5) is 5.82 Å². The summed E-state index contributed by atoms with van der Waals surface area (Å²) in [6, 6.07) is 2.31. The van der Waals surface area contributed by atoms with Crippen molar-refractivity contribution in [1.82, 2.24) is 9.97 Å². The molecule has 2 heterocycles. The van der Waals surface area contributed by atoms with Gasteiger partial charge in [0.25, 0.3) is 0 Å². The van der Waals surface area contributed by atoms with Crippen molar-refractivity contribution in [3.05, 3.63) is 29.7 Å². The Bertz CT molecular complexity index is 468. The van der Waals surface area contributed by atoms with Crippen LogP contribution in [0.15, 0.2) is 24.0 Å². The van der Waals surface area contributed by atoms with Gasteiger partial charge in [-0.2, -0.15) is 0 Å². The number of hydrogen-bond donors (Lipinski definition) is 1. The minimum atomic E-state index is 0.262. The van der Waals surface area contributed by atoms with Gasteiger partial charge < -0.3 is 10.6 Å². The van der Waals surface area contributed by atoms with Crippen molar-refractivity contribution in [2.75, 3.05) is 18.0 Å². The fraction of sp³-hybridized carbons (Fsp3) is 0.538. The molecule has 4 heteroatoms. The molecule has 3 rings (SSSR count). The van der Waals surface area contributed by atoms with Gasteiger partial charge in [-0.05, 0) is 13.8 Å². The number of anilines is 1. The van der Waals surface area contributed by atoms with E-state index in [2.05, 4.69) is 27.9 Å². The van der Waals surface area contributed by atoms with E-state index in [4.69, 9.17) is 5.73 Å². The first-order valence-corrected chi connectivity index (χ1v) is 6.16. The third-order valence-electron chi connectivity index (χ3n) is 4.09. The zero-order chi connectivity index (χ0) is 12.0. The lowest BCUT2D eigenvalue weighted by Gasteiger charge is -2.40. The van der Waals surface area contributed by atoms with Gasteiger partial charge in [0.2, 0.25) is 0 Å². The van der Waals surface area contributed by atoms with Crippen LogP contribution in [-0.4, -0.2) is 29.1 Å². The summed E-state index contributed by atoms with van der Waals surface area (Å²) in [5.41, 5.74) is 8.60. The number of rotatable bonds is 1. The number of allylic oxidation sites excluding steroid dienone is 1. The number of aromatic nitrogens is 2. The molecule has 2 aliphatic rings. The maximum Gasteiger partial charge on any atom is 0.132 e. The Morgan fingerprint density at radius 2 is 2.24 bits per heavy atom. The number of nitrogens with zero attached hydrogens (tertiary/aromatic N) is 3. The molecule has 4 nitrogen and oxygen atoms in total. The van der Waals surface area contributed by atoms with Crippen molar-refractivity contribution in [3.63, 3.8) is 0 Å². The van der Waals surface area contributed by atoms with Gasteiger partial charge in [0, 0.05) is 42.7 Å². The van der Waals surface area contributed by atoms with Crippen LogP contribution >= 0.6 is 0 Å². The molecule has 0 aromatic carbocycles. The molecular weight excluding hydrogens is 212 g/mol. The Morgan fingerprint density at radius 1 is 1.41 bits per heavy atom. The molecule has 17 heavy (non-hydrogen) atoms. The monoisotopic (exact) mass is 230 g/mol. The van der Waals surface area contributed by atoms with Gasteiger partial charge in [0.1, 0.15) is 12.1 Å². The summed E-state index contributed by atoms with van der Waals surface area (Å²) in [5.74, 6) is 2.29. The third kappa shape index (κ3) is 1.55. The number of hydrogen-bond acceptors (Lipinski definition) is 4. The molecule has 3 unspecified atom stereocenters. The van der Waals surface area contributed by atoms with Gasteiger partial charge in [-0.15, -0.1) is 0 Å². The quantitative estimate of drug-likeness (QED) is 0.735. The average Bonchev–Trinajstić information content (AvgIpc) is 2.70. The molecule has 2 N–H and O–H groups in total. The molecule has 1 aliphatic carbocycles. The van der Waals surface area contributed by atoms with Crippen LogP contribution in [0.2, 0.25) is 0 Å². The lowest BCUT2D eigenvalue weighted by molar-refractivity contribution is 0.301. The summed E-state index contributed by atoms with van der Waals surface area (Å²) in [4.78, 5) is 10.8. The number of nitrogens with two attached hydrogens (primary N) is 1. The van der Waals surface area contributed by atoms with Crippen LogP contribution in [0.1, 0.15) is 12.6 Å². The summed E-state index contributed by atoms with van der Waals surface area (Å²) < 4.78 is 0. The highest BCUT2D eigenvalue weighted by Gasteiger charge is 2.49. The lowest BCUT2D eigenvalue weighted by atomic mass is 9.67. The fourth-order valence-electron chi connectivity index (χ4n) is 3.13. The van der Waals surface area contributed by atoms with Gasteiger partial charge in [-0.25, -0.2) is 9.97 Å². The summed E-state index contributed by atoms with van der Waals surface area (Å²) >= 11 is 0. The first kappa shape index (κ1) is 10.7. The molecule has 1 aromatic rings. The second-order valence-electron chi connectivity index (χ2n) is 5.01. The molecule has 2 fully saturated rings. The Balaban J connectivity index is 1.81. The van der Waals surface area contributed by atoms with E-state index in [-0.39, 0.29) is 6.04 Å². The van der Waals surface area contributed by atoms with E-state index < -0.39 is 0 Å². The maximum atomic E-state index is 6.16. The highest BCUT2D eigenvalue weighted by atomic mass is 15.2. The molecule has 0 radical (unpaired) electrons. The van der Waals surface area contributed by atoms with Gasteiger partial charge >= 0.3 is 0 Å². The minimum absolute atomic E-state index is 0.262. The van der Waals surface area contributed by atoms with Gasteiger partial charge in [0.05, 0.1) is 0 Å². The van der Waals surface area contributed by atoms with Crippen LogP contribution < -0.4 is 10.6 Å². The minimum Gasteiger partial charge on any atom is -0.356 e. The standard InChI is InChI=1S/C13H18N4/c1-3-9-10-5-17(6-11(10)13(9)14)12-4-8(2)15-7-16-12/h3-4,7,10-11,13H,5-6,14H2,1-2H3/b9-3+. The smallest absolute Gasteiger partial charge is 0.132 e. The normalized spacial score (nSPS) is 33.7. The highest BCUT2D eigenvalue weighted by Crippen LogP contribution is 2.45. The van der Waals surface area contributed by atoms with Crippen molar-refractivity contribution in [1.29, 1.82) is 0 Å². The first-order valence-electron chi connectivity index (χ1n) is 6.16. The van der Waals surface area contributed by atoms with Gasteiger partial charge in [-0.3, -0.25) is 0 Å². The molecular formula is C13H18N4. The molecule has 0 bridgehead atoms. The average molecular weight is 230 g/mol. The Hall–Kier alpha value is -1.42. The largest absolute Gasteiger partial charge is 0.356 e. The van der Waals surface area contributed by atoms with Crippen LogP contribution in [0.5, 0.6) is 0 Å². The second-order valence-corrected chi connectivity index (χ2v) is 5.01. The predicted molar refractivity (Wildman–Crippen MR) is 67.7 cm³/mol. The highest BCUT2D eigenvalue weighted by molar-refractivity contribution is 5.45. The molecule has 1 saturated carbocycles. The van der Waals surface area contributed by atoms with E-state index in [0.717, 1.165) is 24.6 Å². The molecule has 1 saturated heterocycles. The molecule has 3 atom stereocenters. The van der Waals surface area contributed by atoms with Crippen LogP contribution in [-0.2, 0) is 0 Å². The molecule has 1 aromatic heterocycles.